The number of amides is 2. The number of Topliss-reactive ketones (excluding diaryl/α,β-unsaturated/α-hetero) is 1. The van der Waals surface area contributed by atoms with E-state index in [2.05, 4.69) is 31.8 Å². The minimum atomic E-state index is -0.297. The van der Waals surface area contributed by atoms with Gasteiger partial charge >= 0.3 is 0 Å². The van der Waals surface area contributed by atoms with E-state index in [1.165, 1.54) is 11.3 Å². The normalized spacial score (nSPS) is 17.5. The second kappa shape index (κ2) is 11.4. The third kappa shape index (κ3) is 5.57. The Hall–Kier alpha value is -4.37. The van der Waals surface area contributed by atoms with E-state index >= 15 is 0 Å². The number of carbonyl (C=O) groups is 3. The first-order chi connectivity index (χ1) is 20.9. The summed E-state index contributed by atoms with van der Waals surface area (Å²) in [4.78, 5) is 43.9. The number of aryl methyl sites for hydroxylation is 2. The summed E-state index contributed by atoms with van der Waals surface area (Å²) >= 11 is 1.52. The zero-order valence-corrected chi connectivity index (χ0v) is 24.9. The van der Waals surface area contributed by atoms with Crippen LogP contribution in [0, 0.1) is 6.92 Å². The second-order valence-electron chi connectivity index (χ2n) is 11.7. The van der Waals surface area contributed by atoms with E-state index in [4.69, 9.17) is 0 Å². The Kier molecular flexibility index (Phi) is 7.26. The Morgan fingerprint density at radius 3 is 2.44 bits per heavy atom. The van der Waals surface area contributed by atoms with Crippen LogP contribution in [-0.2, 0) is 6.42 Å². The van der Waals surface area contributed by atoms with Gasteiger partial charge in [-0.15, -0.1) is 16.4 Å². The Labute approximate surface area is 254 Å². The molecule has 4 aromatic rings. The van der Waals surface area contributed by atoms with E-state index in [-0.39, 0.29) is 23.5 Å². The van der Waals surface area contributed by atoms with E-state index in [1.54, 1.807) is 30.3 Å². The molecular weight excluding hydrogens is 558 g/mol. The Balaban J connectivity index is 1.09. The van der Waals surface area contributed by atoms with Gasteiger partial charge in [-0.3, -0.25) is 14.4 Å². The third-order valence-corrected chi connectivity index (χ3v) is 9.73. The van der Waals surface area contributed by atoms with E-state index < -0.39 is 0 Å². The fourth-order valence-electron chi connectivity index (χ4n) is 6.10. The molecule has 2 aromatic heterocycles. The number of nitrogens with zero attached hydrogens (tertiary/aromatic N) is 3. The Morgan fingerprint density at radius 1 is 0.907 bits per heavy atom. The van der Waals surface area contributed by atoms with Gasteiger partial charge in [0.05, 0.1) is 16.1 Å². The van der Waals surface area contributed by atoms with Crippen LogP contribution in [0.5, 0.6) is 0 Å². The highest BCUT2D eigenvalue weighted by Gasteiger charge is 2.31. The number of fused-ring (bicyclic) bond motifs is 3. The Morgan fingerprint density at radius 2 is 1.67 bits per heavy atom. The number of aromatic nitrogens is 2. The molecule has 3 aliphatic rings. The molecule has 0 bridgehead atoms. The lowest BCUT2D eigenvalue weighted by atomic mass is 9.86. The molecule has 3 heterocycles. The molecule has 1 saturated heterocycles. The summed E-state index contributed by atoms with van der Waals surface area (Å²) in [6, 6.07) is 19.3. The van der Waals surface area contributed by atoms with Gasteiger partial charge in [0.15, 0.2) is 11.6 Å². The predicted octanol–water partition coefficient (Wildman–Crippen LogP) is 6.17. The molecule has 218 valence electrons. The van der Waals surface area contributed by atoms with Gasteiger partial charge in [0.2, 0.25) is 0 Å². The summed E-state index contributed by atoms with van der Waals surface area (Å²) in [5.74, 6) is 0.128. The van der Waals surface area contributed by atoms with E-state index in [1.807, 2.05) is 31.2 Å². The van der Waals surface area contributed by atoms with Crippen molar-refractivity contribution in [1.29, 1.82) is 0 Å². The van der Waals surface area contributed by atoms with E-state index in [0.717, 1.165) is 71.6 Å². The molecule has 2 amide bonds. The summed E-state index contributed by atoms with van der Waals surface area (Å²) in [6.07, 6.45) is 5.64. The highest BCUT2D eigenvalue weighted by Crippen LogP contribution is 2.43. The lowest BCUT2D eigenvalue weighted by Gasteiger charge is -2.19. The van der Waals surface area contributed by atoms with Crippen LogP contribution >= 0.6 is 11.3 Å². The predicted molar refractivity (Wildman–Crippen MR) is 168 cm³/mol. The van der Waals surface area contributed by atoms with E-state index in [9.17, 15) is 14.4 Å². The van der Waals surface area contributed by atoms with Gasteiger partial charge in [0, 0.05) is 41.2 Å². The van der Waals surface area contributed by atoms with Crippen LogP contribution in [0.1, 0.15) is 85.2 Å². The fourth-order valence-corrected chi connectivity index (χ4v) is 7.26. The largest absolute Gasteiger partial charge is 0.354 e. The molecular formula is C34H33N5O3S. The number of ketones is 1. The van der Waals surface area contributed by atoms with Crippen molar-refractivity contribution in [2.45, 2.75) is 57.4 Å². The zero-order valence-electron chi connectivity index (χ0n) is 24.1. The molecule has 2 aliphatic carbocycles. The van der Waals surface area contributed by atoms with Gasteiger partial charge in [-0.1, -0.05) is 24.3 Å². The number of rotatable bonds is 7. The summed E-state index contributed by atoms with van der Waals surface area (Å²) in [6.45, 7) is 3.56. The number of benzene rings is 2. The maximum atomic E-state index is 13.9. The van der Waals surface area contributed by atoms with Crippen LogP contribution < -0.4 is 15.5 Å². The SMILES string of the molecule is Cc1cc(C(=O)Nc2ccc(C(=O)C3CCc4cc(C(=O)NC5CC5)sc4-c4ccccc43)cc2)c(N2CCCC2)nn1. The van der Waals surface area contributed by atoms with Crippen LogP contribution in [0.2, 0.25) is 0 Å². The topological polar surface area (TPSA) is 104 Å². The molecule has 9 heteroatoms. The van der Waals surface area contributed by atoms with Crippen LogP contribution in [0.4, 0.5) is 11.5 Å². The molecule has 1 unspecified atom stereocenters. The smallest absolute Gasteiger partial charge is 0.261 e. The monoisotopic (exact) mass is 591 g/mol. The first-order valence-electron chi connectivity index (χ1n) is 15.0. The quantitative estimate of drug-likeness (QED) is 0.249. The van der Waals surface area contributed by atoms with Gasteiger partial charge in [0.25, 0.3) is 11.8 Å². The average molecular weight is 592 g/mol. The van der Waals surface area contributed by atoms with Gasteiger partial charge in [0.1, 0.15) is 0 Å². The Bertz CT molecular complexity index is 1720. The fraction of sp³-hybridized carbons (Fsp3) is 0.324. The van der Waals surface area contributed by atoms with Crippen molar-refractivity contribution < 1.29 is 14.4 Å². The average Bonchev–Trinajstić information content (AvgIpc) is 3.51. The molecule has 1 saturated carbocycles. The number of hydrogen-bond donors (Lipinski definition) is 2. The molecule has 8 nitrogen and oxygen atoms in total. The molecule has 1 atom stereocenters. The lowest BCUT2D eigenvalue weighted by molar-refractivity contribution is 0.0946. The van der Waals surface area contributed by atoms with Gasteiger partial charge < -0.3 is 15.5 Å². The molecule has 2 aromatic carbocycles. The third-order valence-electron chi connectivity index (χ3n) is 8.52. The van der Waals surface area contributed by atoms with Crippen LogP contribution in [0.3, 0.4) is 0 Å². The first kappa shape index (κ1) is 27.5. The number of carbonyl (C=O) groups excluding carboxylic acids is 3. The zero-order chi connectivity index (χ0) is 29.5. The van der Waals surface area contributed by atoms with E-state index in [0.29, 0.717) is 40.8 Å². The van der Waals surface area contributed by atoms with Crippen LogP contribution in [-0.4, -0.2) is 46.9 Å². The standard InChI is InChI=1S/C34H33N5O3S/c1-20-18-28(32(38-37-20)39-16-4-5-17-39)33(41)35-23-11-8-21(9-12-23)30(40)26-15-10-22-19-29(34(42)36-24-13-14-24)43-31(22)27-7-3-2-6-25(26)27/h2-3,6-9,11-12,18-19,24,26H,4-5,10,13-17H2,1H3,(H,35,41)(H,36,42). The number of hydrogen-bond acceptors (Lipinski definition) is 7. The minimum absolute atomic E-state index is 0.000425. The van der Waals surface area contributed by atoms with Crippen LogP contribution in [0.25, 0.3) is 10.4 Å². The second-order valence-corrected chi connectivity index (χ2v) is 12.8. The van der Waals surface area contributed by atoms with Gasteiger partial charge in [-0.05, 0) is 98.5 Å². The summed E-state index contributed by atoms with van der Waals surface area (Å²) < 4.78 is 0. The molecule has 0 spiro atoms. The number of anilines is 2. The minimum Gasteiger partial charge on any atom is -0.354 e. The molecule has 2 N–H and O–H groups in total. The number of thiophene rings is 1. The van der Waals surface area contributed by atoms with Crippen molar-refractivity contribution in [2.24, 2.45) is 0 Å². The summed E-state index contributed by atoms with van der Waals surface area (Å²) in [5.41, 5.74) is 5.56. The van der Waals surface area contributed by atoms with Crippen molar-refractivity contribution in [3.8, 4) is 10.4 Å². The van der Waals surface area contributed by atoms with Gasteiger partial charge in [-0.25, -0.2) is 0 Å². The maximum absolute atomic E-state index is 13.9. The molecule has 43 heavy (non-hydrogen) atoms. The molecule has 2 fully saturated rings. The summed E-state index contributed by atoms with van der Waals surface area (Å²) in [5, 5.41) is 14.6. The number of nitrogens with one attached hydrogen (secondary N) is 2. The molecule has 0 radical (unpaired) electrons. The maximum Gasteiger partial charge on any atom is 0.261 e. The van der Waals surface area contributed by atoms with Crippen molar-refractivity contribution in [3.05, 3.63) is 93.5 Å². The molecule has 7 rings (SSSR count). The summed E-state index contributed by atoms with van der Waals surface area (Å²) in [7, 11) is 0. The highest BCUT2D eigenvalue weighted by molar-refractivity contribution is 7.17. The van der Waals surface area contributed by atoms with Crippen molar-refractivity contribution in [2.75, 3.05) is 23.3 Å². The lowest BCUT2D eigenvalue weighted by Crippen LogP contribution is -2.25. The highest BCUT2D eigenvalue weighted by atomic mass is 32.1. The first-order valence-corrected chi connectivity index (χ1v) is 15.8. The van der Waals surface area contributed by atoms with Crippen molar-refractivity contribution in [3.63, 3.8) is 0 Å². The molecule has 1 aliphatic heterocycles. The van der Waals surface area contributed by atoms with Crippen molar-refractivity contribution >= 4 is 40.4 Å². The van der Waals surface area contributed by atoms with Gasteiger partial charge in [-0.2, -0.15) is 5.10 Å². The van der Waals surface area contributed by atoms with Crippen LogP contribution in [0.15, 0.2) is 60.7 Å². The van der Waals surface area contributed by atoms with Crippen molar-refractivity contribution in [1.82, 2.24) is 15.5 Å².